The summed E-state index contributed by atoms with van der Waals surface area (Å²) in [4.78, 5) is 22.3. The van der Waals surface area contributed by atoms with Crippen LogP contribution in [0.1, 0.15) is 29.8 Å². The van der Waals surface area contributed by atoms with Crippen molar-refractivity contribution in [1.29, 1.82) is 0 Å². The number of carbonyl (C=O) groups excluding carboxylic acids is 2. The van der Waals surface area contributed by atoms with Crippen molar-refractivity contribution < 1.29 is 14.3 Å². The molecular weight excluding hydrogens is 246 g/mol. The van der Waals surface area contributed by atoms with Crippen LogP contribution in [-0.2, 0) is 20.9 Å². The highest BCUT2D eigenvalue weighted by Gasteiger charge is 2.08. The fourth-order valence-electron chi connectivity index (χ4n) is 1.71. The second-order valence-corrected chi connectivity index (χ2v) is 4.45. The summed E-state index contributed by atoms with van der Waals surface area (Å²) in [5, 5.41) is 7.14. The largest absolute Gasteiger partial charge is 0.469 e. The summed E-state index contributed by atoms with van der Waals surface area (Å²) in [6.07, 6.45) is 0.268. The van der Waals surface area contributed by atoms with E-state index in [1.807, 2.05) is 25.5 Å². The van der Waals surface area contributed by atoms with Gasteiger partial charge in [0.1, 0.15) is 0 Å². The van der Waals surface area contributed by atoms with Gasteiger partial charge in [-0.25, -0.2) is 0 Å². The first-order valence-electron chi connectivity index (χ1n) is 6.29. The van der Waals surface area contributed by atoms with Crippen LogP contribution in [-0.4, -0.2) is 35.3 Å². The van der Waals surface area contributed by atoms with Crippen molar-refractivity contribution in [1.82, 2.24) is 15.1 Å². The van der Waals surface area contributed by atoms with Gasteiger partial charge in [0, 0.05) is 18.7 Å². The third-order valence-corrected chi connectivity index (χ3v) is 3.17. The Labute approximate surface area is 113 Å². The molecule has 0 bridgehead atoms. The van der Waals surface area contributed by atoms with Crippen molar-refractivity contribution in [2.75, 3.05) is 13.7 Å². The van der Waals surface area contributed by atoms with Crippen molar-refractivity contribution in [3.63, 3.8) is 0 Å². The second kappa shape index (κ2) is 6.92. The van der Waals surface area contributed by atoms with Crippen LogP contribution in [0.2, 0.25) is 0 Å². The number of hydrogen-bond donors (Lipinski definition) is 1. The van der Waals surface area contributed by atoms with Crippen LogP contribution in [0, 0.1) is 20.8 Å². The Balaban J connectivity index is 2.32. The van der Waals surface area contributed by atoms with Gasteiger partial charge < -0.3 is 10.1 Å². The normalized spacial score (nSPS) is 10.3. The van der Waals surface area contributed by atoms with E-state index in [9.17, 15) is 9.59 Å². The van der Waals surface area contributed by atoms with Gasteiger partial charge in [0.15, 0.2) is 0 Å². The smallest absolute Gasteiger partial charge is 0.306 e. The molecule has 6 nitrogen and oxygen atoms in total. The molecule has 0 aliphatic carbocycles. The first-order valence-corrected chi connectivity index (χ1v) is 6.29. The summed E-state index contributed by atoms with van der Waals surface area (Å²) in [5.41, 5.74) is 3.30. The van der Waals surface area contributed by atoms with Gasteiger partial charge in [-0.05, 0) is 26.3 Å². The SMILES string of the molecule is COC(=O)CCC(=O)NCCn1nc(C)c(C)c1C. The average Bonchev–Trinajstić information content (AvgIpc) is 2.63. The zero-order valence-electron chi connectivity index (χ0n) is 11.9. The van der Waals surface area contributed by atoms with E-state index >= 15 is 0 Å². The molecule has 0 spiro atoms. The van der Waals surface area contributed by atoms with Gasteiger partial charge in [0.05, 0.1) is 25.8 Å². The number of rotatable bonds is 6. The summed E-state index contributed by atoms with van der Waals surface area (Å²) in [5.74, 6) is -0.520. The quantitative estimate of drug-likeness (QED) is 0.776. The predicted molar refractivity (Wildman–Crippen MR) is 70.7 cm³/mol. The number of methoxy groups -OCH3 is 1. The maximum Gasteiger partial charge on any atom is 0.306 e. The van der Waals surface area contributed by atoms with E-state index in [-0.39, 0.29) is 24.7 Å². The first-order chi connectivity index (χ1) is 8.95. The Kier molecular flexibility index (Phi) is 5.54. The number of hydrogen-bond acceptors (Lipinski definition) is 4. The minimum absolute atomic E-state index is 0.112. The van der Waals surface area contributed by atoms with Crippen LogP contribution in [0.4, 0.5) is 0 Å². The number of nitrogens with one attached hydrogen (secondary N) is 1. The van der Waals surface area contributed by atoms with Gasteiger partial charge in [-0.1, -0.05) is 0 Å². The lowest BCUT2D eigenvalue weighted by molar-refractivity contribution is -0.142. The van der Waals surface area contributed by atoms with E-state index in [0.717, 1.165) is 11.4 Å². The molecule has 1 aromatic rings. The Morgan fingerprint density at radius 3 is 2.47 bits per heavy atom. The molecule has 0 atom stereocenters. The summed E-state index contributed by atoms with van der Waals surface area (Å²) < 4.78 is 6.35. The van der Waals surface area contributed by atoms with Crippen molar-refractivity contribution in [2.45, 2.75) is 40.2 Å². The second-order valence-electron chi connectivity index (χ2n) is 4.45. The lowest BCUT2D eigenvalue weighted by atomic mass is 10.2. The van der Waals surface area contributed by atoms with E-state index in [0.29, 0.717) is 13.1 Å². The number of ether oxygens (including phenoxy) is 1. The number of nitrogens with zero attached hydrogens (tertiary/aromatic N) is 2. The summed E-state index contributed by atoms with van der Waals surface area (Å²) in [6, 6.07) is 0. The first kappa shape index (κ1) is 15.2. The lowest BCUT2D eigenvalue weighted by Gasteiger charge is -2.07. The van der Waals surface area contributed by atoms with Crippen molar-refractivity contribution in [2.24, 2.45) is 0 Å². The molecule has 0 aromatic carbocycles. The monoisotopic (exact) mass is 267 g/mol. The highest BCUT2D eigenvalue weighted by molar-refractivity contribution is 5.81. The van der Waals surface area contributed by atoms with Gasteiger partial charge >= 0.3 is 5.97 Å². The topological polar surface area (TPSA) is 73.2 Å². The van der Waals surface area contributed by atoms with Crippen molar-refractivity contribution in [3.05, 3.63) is 17.0 Å². The van der Waals surface area contributed by atoms with Gasteiger partial charge in [0.2, 0.25) is 5.91 Å². The van der Waals surface area contributed by atoms with Crippen LogP contribution < -0.4 is 5.32 Å². The standard InChI is InChI=1S/C13H21N3O3/c1-9-10(2)15-16(11(9)3)8-7-14-12(17)5-6-13(18)19-4/h5-8H2,1-4H3,(H,14,17). The molecule has 0 aliphatic rings. The van der Waals surface area contributed by atoms with Crippen LogP contribution in [0.25, 0.3) is 0 Å². The van der Waals surface area contributed by atoms with E-state index in [2.05, 4.69) is 15.2 Å². The molecule has 6 heteroatoms. The Morgan fingerprint density at radius 1 is 1.26 bits per heavy atom. The number of aromatic nitrogens is 2. The molecule has 106 valence electrons. The van der Waals surface area contributed by atoms with Crippen LogP contribution in [0.3, 0.4) is 0 Å². The Bertz CT molecular complexity index is 466. The number of esters is 1. The van der Waals surface area contributed by atoms with Gasteiger partial charge in [-0.3, -0.25) is 14.3 Å². The minimum atomic E-state index is -0.371. The fraction of sp³-hybridized carbons (Fsp3) is 0.615. The maximum atomic E-state index is 11.5. The summed E-state index contributed by atoms with van der Waals surface area (Å²) >= 11 is 0. The Hall–Kier alpha value is -1.85. The van der Waals surface area contributed by atoms with Gasteiger partial charge in [-0.2, -0.15) is 5.10 Å². The maximum absolute atomic E-state index is 11.5. The summed E-state index contributed by atoms with van der Waals surface area (Å²) in [6.45, 7) is 7.14. The third kappa shape index (κ3) is 4.39. The van der Waals surface area contributed by atoms with Crippen LogP contribution in [0.15, 0.2) is 0 Å². The Morgan fingerprint density at radius 2 is 1.95 bits per heavy atom. The summed E-state index contributed by atoms with van der Waals surface area (Å²) in [7, 11) is 1.31. The molecule has 0 unspecified atom stereocenters. The molecule has 19 heavy (non-hydrogen) atoms. The number of aryl methyl sites for hydroxylation is 1. The third-order valence-electron chi connectivity index (χ3n) is 3.17. The molecule has 1 heterocycles. The highest BCUT2D eigenvalue weighted by Crippen LogP contribution is 2.10. The molecular formula is C13H21N3O3. The van der Waals surface area contributed by atoms with Gasteiger partial charge in [0.25, 0.3) is 0 Å². The van der Waals surface area contributed by atoms with E-state index < -0.39 is 0 Å². The van der Waals surface area contributed by atoms with Gasteiger partial charge in [-0.15, -0.1) is 0 Å². The van der Waals surface area contributed by atoms with Crippen LogP contribution >= 0.6 is 0 Å². The highest BCUT2D eigenvalue weighted by atomic mass is 16.5. The zero-order valence-corrected chi connectivity index (χ0v) is 11.9. The van der Waals surface area contributed by atoms with Crippen molar-refractivity contribution >= 4 is 11.9 Å². The molecule has 1 N–H and O–H groups in total. The minimum Gasteiger partial charge on any atom is -0.469 e. The molecule has 0 fully saturated rings. The number of carbonyl (C=O) groups is 2. The van der Waals surface area contributed by atoms with E-state index in [1.165, 1.54) is 12.7 Å². The number of amides is 1. The molecule has 0 aliphatic heterocycles. The molecule has 0 saturated heterocycles. The molecule has 0 radical (unpaired) electrons. The lowest BCUT2D eigenvalue weighted by Crippen LogP contribution is -2.28. The predicted octanol–water partition coefficient (Wildman–Crippen LogP) is 0.878. The van der Waals surface area contributed by atoms with Crippen LogP contribution in [0.5, 0.6) is 0 Å². The molecule has 0 saturated carbocycles. The van der Waals surface area contributed by atoms with E-state index in [4.69, 9.17) is 0 Å². The van der Waals surface area contributed by atoms with E-state index in [1.54, 1.807) is 0 Å². The molecule has 1 aromatic heterocycles. The molecule has 1 amide bonds. The fourth-order valence-corrected chi connectivity index (χ4v) is 1.71. The molecule has 1 rings (SSSR count). The zero-order chi connectivity index (χ0) is 14.4. The van der Waals surface area contributed by atoms with Crippen molar-refractivity contribution in [3.8, 4) is 0 Å². The average molecular weight is 267 g/mol.